The maximum absolute atomic E-state index is 12.6. The minimum atomic E-state index is -0.241. The van der Waals surface area contributed by atoms with Crippen molar-refractivity contribution in [2.75, 3.05) is 7.05 Å². The minimum absolute atomic E-state index is 0.123. The summed E-state index contributed by atoms with van der Waals surface area (Å²) >= 11 is 0. The van der Waals surface area contributed by atoms with Crippen molar-refractivity contribution in [2.24, 2.45) is 7.05 Å². The van der Waals surface area contributed by atoms with Crippen molar-refractivity contribution in [1.82, 2.24) is 24.4 Å². The number of oxazole rings is 1. The summed E-state index contributed by atoms with van der Waals surface area (Å²) in [7, 11) is 3.58. The molecule has 4 rings (SSSR count). The smallest absolute Gasteiger partial charge is 0.275 e. The number of fused-ring (bicyclic) bond motifs is 1. The first-order valence-electron chi connectivity index (χ1n) is 8.73. The Bertz CT molecular complexity index is 1110. The molecule has 8 nitrogen and oxygen atoms in total. The molecule has 0 saturated heterocycles. The molecule has 0 radical (unpaired) electrons. The van der Waals surface area contributed by atoms with Crippen LogP contribution in [0.15, 0.2) is 59.7 Å². The molecule has 142 valence electrons. The fourth-order valence-corrected chi connectivity index (χ4v) is 2.86. The summed E-state index contributed by atoms with van der Waals surface area (Å²) in [5.41, 5.74) is 0.234. The summed E-state index contributed by atoms with van der Waals surface area (Å²) in [6.07, 6.45) is 8.38. The second kappa shape index (κ2) is 7.51. The summed E-state index contributed by atoms with van der Waals surface area (Å²) in [6.45, 7) is 0.503. The number of pyridine rings is 1. The van der Waals surface area contributed by atoms with Crippen molar-refractivity contribution in [3.05, 3.63) is 72.7 Å². The Morgan fingerprint density at radius 2 is 2.18 bits per heavy atom. The van der Waals surface area contributed by atoms with Crippen LogP contribution < -0.4 is 4.74 Å². The van der Waals surface area contributed by atoms with Crippen molar-refractivity contribution in [2.45, 2.75) is 13.2 Å². The number of benzene rings is 1. The molecule has 0 N–H and O–H groups in total. The van der Waals surface area contributed by atoms with Crippen LogP contribution >= 0.6 is 0 Å². The number of rotatable bonds is 6. The molecule has 0 atom stereocenters. The molecule has 0 aliphatic heterocycles. The van der Waals surface area contributed by atoms with E-state index in [0.717, 1.165) is 16.6 Å². The largest absolute Gasteiger partial charge is 0.483 e. The van der Waals surface area contributed by atoms with Crippen LogP contribution in [0.3, 0.4) is 0 Å². The van der Waals surface area contributed by atoms with Crippen molar-refractivity contribution in [1.29, 1.82) is 0 Å². The van der Waals surface area contributed by atoms with Gasteiger partial charge in [-0.3, -0.25) is 9.78 Å². The Labute approximate surface area is 161 Å². The number of imidazole rings is 1. The molecule has 0 unspecified atom stereocenters. The Hall–Kier alpha value is -3.68. The van der Waals surface area contributed by atoms with Gasteiger partial charge in [0.15, 0.2) is 12.3 Å². The topological polar surface area (TPSA) is 86.3 Å². The highest BCUT2D eigenvalue weighted by molar-refractivity contribution is 5.91. The molecular formula is C20H19N5O3. The molecule has 28 heavy (non-hydrogen) atoms. The first-order valence-corrected chi connectivity index (χ1v) is 8.73. The highest BCUT2D eigenvalue weighted by atomic mass is 16.5. The van der Waals surface area contributed by atoms with Gasteiger partial charge < -0.3 is 18.6 Å². The van der Waals surface area contributed by atoms with Crippen molar-refractivity contribution in [3.8, 4) is 5.75 Å². The van der Waals surface area contributed by atoms with Gasteiger partial charge in [-0.25, -0.2) is 9.97 Å². The molecule has 1 aromatic carbocycles. The van der Waals surface area contributed by atoms with Crippen LogP contribution in [0.4, 0.5) is 0 Å². The van der Waals surface area contributed by atoms with Crippen LogP contribution in [0.5, 0.6) is 5.75 Å². The van der Waals surface area contributed by atoms with Gasteiger partial charge in [0, 0.05) is 49.7 Å². The lowest BCUT2D eigenvalue weighted by Gasteiger charge is -2.15. The molecule has 1 amide bonds. The third-order valence-electron chi connectivity index (χ3n) is 4.41. The van der Waals surface area contributed by atoms with Crippen molar-refractivity contribution in [3.63, 3.8) is 0 Å². The second-order valence-electron chi connectivity index (χ2n) is 6.38. The van der Waals surface area contributed by atoms with E-state index in [1.165, 1.54) is 6.26 Å². The number of aryl methyl sites for hydroxylation is 1. The molecule has 4 aromatic rings. The highest BCUT2D eigenvalue weighted by Gasteiger charge is 2.18. The minimum Gasteiger partial charge on any atom is -0.483 e. The van der Waals surface area contributed by atoms with Gasteiger partial charge in [-0.15, -0.1) is 0 Å². The van der Waals surface area contributed by atoms with E-state index in [4.69, 9.17) is 9.15 Å². The van der Waals surface area contributed by atoms with Gasteiger partial charge in [-0.2, -0.15) is 0 Å². The molecule has 0 aliphatic rings. The quantitative estimate of drug-likeness (QED) is 0.514. The number of hydrogen-bond donors (Lipinski definition) is 0. The third kappa shape index (κ3) is 3.57. The second-order valence-corrected chi connectivity index (χ2v) is 6.38. The number of carbonyl (C=O) groups is 1. The SMILES string of the molecule is CN(Cc1nccn1C)C(=O)c1coc(COc2cccc3cnccc23)n1. The lowest BCUT2D eigenvalue weighted by Crippen LogP contribution is -2.27. The normalized spacial score (nSPS) is 10.9. The Morgan fingerprint density at radius 3 is 3.00 bits per heavy atom. The monoisotopic (exact) mass is 377 g/mol. The van der Waals surface area contributed by atoms with Gasteiger partial charge in [0.25, 0.3) is 5.91 Å². The van der Waals surface area contributed by atoms with Gasteiger partial charge >= 0.3 is 0 Å². The van der Waals surface area contributed by atoms with Gasteiger partial charge in [0.2, 0.25) is 5.89 Å². The highest BCUT2D eigenvalue weighted by Crippen LogP contribution is 2.25. The predicted octanol–water partition coefficient (Wildman–Crippen LogP) is 2.81. The van der Waals surface area contributed by atoms with E-state index in [9.17, 15) is 4.79 Å². The summed E-state index contributed by atoms with van der Waals surface area (Å²) < 4.78 is 13.1. The lowest BCUT2D eigenvalue weighted by molar-refractivity contribution is 0.0774. The number of ether oxygens (including phenoxy) is 1. The van der Waals surface area contributed by atoms with Crippen molar-refractivity contribution >= 4 is 16.7 Å². The Morgan fingerprint density at radius 1 is 1.29 bits per heavy atom. The number of hydrogen-bond acceptors (Lipinski definition) is 6. The number of amides is 1. The zero-order valence-corrected chi connectivity index (χ0v) is 15.6. The average molecular weight is 377 g/mol. The van der Waals surface area contributed by atoms with E-state index in [0.29, 0.717) is 18.2 Å². The molecule has 0 aliphatic carbocycles. The summed E-state index contributed by atoms with van der Waals surface area (Å²) in [6, 6.07) is 7.63. The maximum atomic E-state index is 12.6. The molecule has 0 spiro atoms. The number of nitrogens with zero attached hydrogens (tertiary/aromatic N) is 5. The predicted molar refractivity (Wildman–Crippen MR) is 102 cm³/mol. The summed E-state index contributed by atoms with van der Waals surface area (Å²) in [5.74, 6) is 1.58. The van der Waals surface area contributed by atoms with Crippen molar-refractivity contribution < 1.29 is 13.9 Å². The molecule has 3 heterocycles. The third-order valence-corrected chi connectivity index (χ3v) is 4.41. The van der Waals surface area contributed by atoms with E-state index in [1.807, 2.05) is 42.1 Å². The number of carbonyl (C=O) groups excluding carboxylic acids is 1. The van der Waals surface area contributed by atoms with E-state index in [1.54, 1.807) is 30.5 Å². The molecule has 0 bridgehead atoms. The lowest BCUT2D eigenvalue weighted by atomic mass is 10.1. The zero-order valence-electron chi connectivity index (χ0n) is 15.6. The summed E-state index contributed by atoms with van der Waals surface area (Å²) in [4.78, 5) is 26.7. The van der Waals surface area contributed by atoms with Crippen LogP contribution in [0.2, 0.25) is 0 Å². The van der Waals surface area contributed by atoms with Crippen LogP contribution in [-0.4, -0.2) is 37.4 Å². The fourth-order valence-electron chi connectivity index (χ4n) is 2.86. The van der Waals surface area contributed by atoms with Gasteiger partial charge in [0.1, 0.15) is 17.8 Å². The van der Waals surface area contributed by atoms with E-state index in [-0.39, 0.29) is 18.2 Å². The number of aromatic nitrogens is 4. The van der Waals surface area contributed by atoms with E-state index >= 15 is 0 Å². The van der Waals surface area contributed by atoms with Gasteiger partial charge in [0.05, 0.1) is 6.54 Å². The first kappa shape index (κ1) is 17.7. The van der Waals surface area contributed by atoms with Gasteiger partial charge in [-0.1, -0.05) is 12.1 Å². The fraction of sp³-hybridized carbons (Fsp3) is 0.200. The summed E-state index contributed by atoms with van der Waals surface area (Å²) in [5, 5.41) is 1.94. The van der Waals surface area contributed by atoms with Crippen LogP contribution in [0.25, 0.3) is 10.8 Å². The Balaban J connectivity index is 1.42. The van der Waals surface area contributed by atoms with E-state index in [2.05, 4.69) is 15.0 Å². The molecule has 0 saturated carbocycles. The Kier molecular flexibility index (Phi) is 4.76. The molecule has 0 fully saturated rings. The van der Waals surface area contributed by atoms with Crippen LogP contribution in [0, 0.1) is 0 Å². The maximum Gasteiger partial charge on any atom is 0.275 e. The zero-order chi connectivity index (χ0) is 19.5. The standard InChI is InChI=1S/C20H19N5O3/c1-24-9-8-22-18(24)11-25(2)20(26)16-12-28-19(23-16)13-27-17-5-3-4-14-10-21-7-6-15(14)17/h3-10,12H,11,13H2,1-2H3. The average Bonchev–Trinajstić information content (AvgIpc) is 3.35. The molecule has 3 aromatic heterocycles. The van der Waals surface area contributed by atoms with Gasteiger partial charge in [-0.05, 0) is 12.1 Å². The van der Waals surface area contributed by atoms with Crippen LogP contribution in [-0.2, 0) is 20.2 Å². The first-order chi connectivity index (χ1) is 13.6. The molecule has 8 heteroatoms. The van der Waals surface area contributed by atoms with E-state index < -0.39 is 0 Å². The van der Waals surface area contributed by atoms with Crippen LogP contribution in [0.1, 0.15) is 22.2 Å². The molecular weight excluding hydrogens is 358 g/mol.